The first-order valence-corrected chi connectivity index (χ1v) is 7.34. The molecule has 112 valence electrons. The Balaban J connectivity index is 2.41. The Kier molecular flexibility index (Phi) is 4.21. The SMILES string of the molecule is CCc1ccc(Oc2cc(N)c(C)cn2)c(C(C)(C)C)c1. The van der Waals surface area contributed by atoms with Gasteiger partial charge in [0, 0.05) is 23.5 Å². The molecule has 0 fully saturated rings. The lowest BCUT2D eigenvalue weighted by atomic mass is 9.85. The van der Waals surface area contributed by atoms with Gasteiger partial charge in [0.1, 0.15) is 5.75 Å². The van der Waals surface area contributed by atoms with Gasteiger partial charge in [0.15, 0.2) is 0 Å². The van der Waals surface area contributed by atoms with Gasteiger partial charge in [-0.05, 0) is 36.0 Å². The first-order chi connectivity index (χ1) is 9.81. The lowest BCUT2D eigenvalue weighted by molar-refractivity contribution is 0.439. The third kappa shape index (κ3) is 3.54. The summed E-state index contributed by atoms with van der Waals surface area (Å²) >= 11 is 0. The van der Waals surface area contributed by atoms with E-state index in [1.165, 1.54) is 11.1 Å². The molecule has 2 rings (SSSR count). The second-order valence-corrected chi connectivity index (χ2v) is 6.42. The zero-order chi connectivity index (χ0) is 15.6. The topological polar surface area (TPSA) is 48.1 Å². The Morgan fingerprint density at radius 2 is 1.90 bits per heavy atom. The molecule has 3 nitrogen and oxygen atoms in total. The normalized spacial score (nSPS) is 11.5. The molecule has 0 bridgehead atoms. The van der Waals surface area contributed by atoms with Gasteiger partial charge in [0.05, 0.1) is 0 Å². The first-order valence-electron chi connectivity index (χ1n) is 7.34. The number of nitrogen functional groups attached to an aromatic ring is 1. The molecule has 0 saturated carbocycles. The smallest absolute Gasteiger partial charge is 0.221 e. The number of aryl methyl sites for hydroxylation is 2. The summed E-state index contributed by atoms with van der Waals surface area (Å²) in [5, 5.41) is 0. The number of ether oxygens (including phenoxy) is 1. The third-order valence-corrected chi connectivity index (χ3v) is 3.59. The summed E-state index contributed by atoms with van der Waals surface area (Å²) in [6, 6.07) is 8.11. The zero-order valence-corrected chi connectivity index (χ0v) is 13.5. The minimum Gasteiger partial charge on any atom is -0.439 e. The second kappa shape index (κ2) is 5.76. The summed E-state index contributed by atoms with van der Waals surface area (Å²) in [4.78, 5) is 4.30. The highest BCUT2D eigenvalue weighted by Gasteiger charge is 2.20. The highest BCUT2D eigenvalue weighted by Crippen LogP contribution is 2.35. The summed E-state index contributed by atoms with van der Waals surface area (Å²) in [7, 11) is 0. The Hall–Kier alpha value is -2.03. The molecule has 2 N–H and O–H groups in total. The summed E-state index contributed by atoms with van der Waals surface area (Å²) in [6.07, 6.45) is 2.75. The second-order valence-electron chi connectivity index (χ2n) is 6.42. The van der Waals surface area contributed by atoms with Gasteiger partial charge in [-0.2, -0.15) is 0 Å². The molecule has 0 aliphatic heterocycles. The fraction of sp³-hybridized carbons (Fsp3) is 0.389. The van der Waals surface area contributed by atoms with Crippen LogP contribution in [-0.4, -0.2) is 4.98 Å². The van der Waals surface area contributed by atoms with Crippen molar-refractivity contribution >= 4 is 5.69 Å². The molecule has 1 aromatic carbocycles. The molecule has 1 aromatic heterocycles. The third-order valence-electron chi connectivity index (χ3n) is 3.59. The predicted molar refractivity (Wildman–Crippen MR) is 88.0 cm³/mol. The van der Waals surface area contributed by atoms with Crippen molar-refractivity contribution in [2.24, 2.45) is 0 Å². The average molecular weight is 284 g/mol. The first kappa shape index (κ1) is 15.4. The van der Waals surface area contributed by atoms with Gasteiger partial charge in [-0.15, -0.1) is 0 Å². The number of benzene rings is 1. The van der Waals surface area contributed by atoms with Gasteiger partial charge in [0.2, 0.25) is 5.88 Å². The van der Waals surface area contributed by atoms with Crippen LogP contribution in [0.4, 0.5) is 5.69 Å². The quantitative estimate of drug-likeness (QED) is 0.894. The van der Waals surface area contributed by atoms with Crippen molar-refractivity contribution < 1.29 is 4.74 Å². The van der Waals surface area contributed by atoms with E-state index in [-0.39, 0.29) is 5.41 Å². The van der Waals surface area contributed by atoms with Gasteiger partial charge >= 0.3 is 0 Å². The molecule has 0 aliphatic carbocycles. The highest BCUT2D eigenvalue weighted by atomic mass is 16.5. The summed E-state index contributed by atoms with van der Waals surface area (Å²) in [5.74, 6) is 1.38. The monoisotopic (exact) mass is 284 g/mol. The van der Waals surface area contributed by atoms with Crippen molar-refractivity contribution in [3.05, 3.63) is 47.2 Å². The molecular formula is C18H24N2O. The van der Waals surface area contributed by atoms with Crippen LogP contribution in [0.2, 0.25) is 0 Å². The number of rotatable bonds is 3. The van der Waals surface area contributed by atoms with Crippen LogP contribution >= 0.6 is 0 Å². The number of nitrogens with zero attached hydrogens (tertiary/aromatic N) is 1. The molecule has 0 saturated heterocycles. The lowest BCUT2D eigenvalue weighted by Gasteiger charge is -2.23. The van der Waals surface area contributed by atoms with Gasteiger partial charge in [0.25, 0.3) is 0 Å². The minimum atomic E-state index is 0.0107. The van der Waals surface area contributed by atoms with Gasteiger partial charge in [-0.1, -0.05) is 39.8 Å². The van der Waals surface area contributed by atoms with Crippen molar-refractivity contribution in [2.75, 3.05) is 5.73 Å². The van der Waals surface area contributed by atoms with E-state index < -0.39 is 0 Å². The van der Waals surface area contributed by atoms with Crippen molar-refractivity contribution in [1.29, 1.82) is 0 Å². The van der Waals surface area contributed by atoms with E-state index in [0.717, 1.165) is 17.7 Å². The number of pyridine rings is 1. The fourth-order valence-corrected chi connectivity index (χ4v) is 2.16. The van der Waals surface area contributed by atoms with Crippen LogP contribution in [-0.2, 0) is 11.8 Å². The van der Waals surface area contributed by atoms with Crippen LogP contribution in [0.25, 0.3) is 0 Å². The van der Waals surface area contributed by atoms with E-state index in [1.807, 2.05) is 13.0 Å². The average Bonchev–Trinajstić information content (AvgIpc) is 2.42. The molecule has 0 aliphatic rings. The van der Waals surface area contributed by atoms with Crippen LogP contribution in [0.3, 0.4) is 0 Å². The number of hydrogen-bond acceptors (Lipinski definition) is 3. The Morgan fingerprint density at radius 1 is 1.19 bits per heavy atom. The lowest BCUT2D eigenvalue weighted by Crippen LogP contribution is -2.13. The Morgan fingerprint density at radius 3 is 2.48 bits per heavy atom. The van der Waals surface area contributed by atoms with E-state index in [1.54, 1.807) is 12.3 Å². The molecule has 21 heavy (non-hydrogen) atoms. The van der Waals surface area contributed by atoms with E-state index in [9.17, 15) is 0 Å². The number of anilines is 1. The fourth-order valence-electron chi connectivity index (χ4n) is 2.16. The van der Waals surface area contributed by atoms with E-state index in [2.05, 4.69) is 44.8 Å². The van der Waals surface area contributed by atoms with Gasteiger partial charge in [-0.3, -0.25) is 0 Å². The van der Waals surface area contributed by atoms with Gasteiger partial charge < -0.3 is 10.5 Å². The predicted octanol–water partition coefficient (Wildman–Crippen LogP) is 4.62. The molecular weight excluding hydrogens is 260 g/mol. The van der Waals surface area contributed by atoms with Crippen molar-refractivity contribution in [3.63, 3.8) is 0 Å². The molecule has 2 aromatic rings. The minimum absolute atomic E-state index is 0.0107. The maximum Gasteiger partial charge on any atom is 0.221 e. The van der Waals surface area contributed by atoms with E-state index in [0.29, 0.717) is 11.6 Å². The maximum atomic E-state index is 5.98. The summed E-state index contributed by atoms with van der Waals surface area (Å²) < 4.78 is 5.98. The van der Waals surface area contributed by atoms with Crippen molar-refractivity contribution in [2.45, 2.75) is 46.5 Å². The Bertz CT molecular complexity index is 642. The molecule has 0 radical (unpaired) electrons. The van der Waals surface area contributed by atoms with Crippen LogP contribution in [0.15, 0.2) is 30.5 Å². The molecule has 3 heteroatoms. The van der Waals surface area contributed by atoms with Crippen LogP contribution < -0.4 is 10.5 Å². The number of hydrogen-bond donors (Lipinski definition) is 1. The van der Waals surface area contributed by atoms with Crippen LogP contribution in [0.1, 0.15) is 44.4 Å². The van der Waals surface area contributed by atoms with E-state index >= 15 is 0 Å². The molecule has 0 atom stereocenters. The summed E-state index contributed by atoms with van der Waals surface area (Å²) in [6.45, 7) is 10.6. The number of nitrogens with two attached hydrogens (primary N) is 1. The Labute approximate surface area is 127 Å². The molecule has 0 amide bonds. The largest absolute Gasteiger partial charge is 0.439 e. The van der Waals surface area contributed by atoms with Crippen LogP contribution in [0.5, 0.6) is 11.6 Å². The van der Waals surface area contributed by atoms with Crippen molar-refractivity contribution in [1.82, 2.24) is 4.98 Å². The zero-order valence-electron chi connectivity index (χ0n) is 13.5. The van der Waals surface area contributed by atoms with Crippen LogP contribution in [0, 0.1) is 6.92 Å². The van der Waals surface area contributed by atoms with E-state index in [4.69, 9.17) is 10.5 Å². The number of aromatic nitrogens is 1. The molecule has 0 unspecified atom stereocenters. The highest BCUT2D eigenvalue weighted by molar-refractivity contribution is 5.49. The maximum absolute atomic E-state index is 5.98. The molecule has 1 heterocycles. The van der Waals surface area contributed by atoms with Gasteiger partial charge in [-0.25, -0.2) is 4.98 Å². The molecule has 0 spiro atoms. The summed E-state index contributed by atoms with van der Waals surface area (Å²) in [5.41, 5.74) is 10.1. The standard InChI is InChI=1S/C18H24N2O/c1-6-13-7-8-16(14(9-13)18(3,4)5)21-17-10-15(19)12(2)11-20-17/h7-11H,6H2,1-5H3,(H2,19,20). The van der Waals surface area contributed by atoms with Crippen molar-refractivity contribution in [3.8, 4) is 11.6 Å².